The Morgan fingerprint density at radius 3 is 2.25 bits per heavy atom. The maximum Gasteiger partial charge on any atom is 0.408 e. The molecule has 1 unspecified atom stereocenters. The number of hydrogen-bond donors (Lipinski definition) is 3. The number of aromatic nitrogens is 1. The standard InChI is InChI=1S/C43H49N5O8S/c1-8-29-24-43(29,40(51)47-57(53,54)31-17-13-10-14-18-31)46-38(49)36-21-28(25-48(36)39(50)37(26(2)3)45-41(52)56-42(4,5)6)33-23-34(27-15-11-9-12-16-27)44-35-22-30(55-7)19-20-32(33)35/h8-20,22-23,26,28-29,36-37H,1,21,24-25H2,2-7H3,(H,45,52)(H,46,49)(H,47,51)/t28-,29?,36+,37+,43-/m1/s1. The summed E-state index contributed by atoms with van der Waals surface area (Å²) < 4.78 is 39.6. The Bertz CT molecular complexity index is 2290. The highest BCUT2D eigenvalue weighted by molar-refractivity contribution is 7.90. The molecular formula is C43H49N5O8S. The normalized spacial score (nSPS) is 21.0. The van der Waals surface area contributed by atoms with Gasteiger partial charge in [0.2, 0.25) is 11.8 Å². The number of carbonyl (C=O) groups excluding carboxylic acids is 4. The molecule has 2 heterocycles. The monoisotopic (exact) mass is 795 g/mol. The fourth-order valence-electron chi connectivity index (χ4n) is 7.35. The van der Waals surface area contributed by atoms with Gasteiger partial charge >= 0.3 is 6.09 Å². The van der Waals surface area contributed by atoms with Gasteiger partial charge in [0, 0.05) is 35.4 Å². The molecule has 0 radical (unpaired) electrons. The third-order valence-corrected chi connectivity index (χ3v) is 11.7. The van der Waals surface area contributed by atoms with Gasteiger partial charge in [-0.1, -0.05) is 68.5 Å². The second-order valence-corrected chi connectivity index (χ2v) is 17.6. The van der Waals surface area contributed by atoms with Crippen LogP contribution in [0.25, 0.3) is 22.2 Å². The van der Waals surface area contributed by atoms with Crippen molar-refractivity contribution >= 4 is 44.7 Å². The van der Waals surface area contributed by atoms with E-state index >= 15 is 0 Å². The Balaban J connectivity index is 1.38. The summed E-state index contributed by atoms with van der Waals surface area (Å²) >= 11 is 0. The van der Waals surface area contributed by atoms with Gasteiger partial charge in [0.15, 0.2) is 0 Å². The molecule has 3 aromatic carbocycles. The molecule has 4 amide bonds. The van der Waals surface area contributed by atoms with Crippen molar-refractivity contribution in [2.24, 2.45) is 11.8 Å². The molecule has 1 aliphatic carbocycles. The second-order valence-electron chi connectivity index (χ2n) is 15.9. The highest BCUT2D eigenvalue weighted by Gasteiger charge is 2.61. The smallest absolute Gasteiger partial charge is 0.408 e. The second kappa shape index (κ2) is 16.0. The molecule has 0 spiro atoms. The lowest BCUT2D eigenvalue weighted by molar-refractivity contribution is -0.141. The van der Waals surface area contributed by atoms with Crippen LogP contribution >= 0.6 is 0 Å². The molecule has 1 saturated carbocycles. The first-order valence-electron chi connectivity index (χ1n) is 18.9. The first-order valence-corrected chi connectivity index (χ1v) is 20.4. The number of alkyl carbamates (subject to hydrolysis) is 1. The number of nitrogens with zero attached hydrogens (tertiary/aromatic N) is 2. The number of methoxy groups -OCH3 is 1. The van der Waals surface area contributed by atoms with Gasteiger partial charge in [0.1, 0.15) is 29.0 Å². The number of likely N-dealkylation sites (tertiary alicyclic amines) is 1. The number of benzene rings is 3. The van der Waals surface area contributed by atoms with Gasteiger partial charge in [-0.15, -0.1) is 6.58 Å². The number of fused-ring (bicyclic) bond motifs is 1. The zero-order valence-electron chi connectivity index (χ0n) is 32.9. The zero-order valence-corrected chi connectivity index (χ0v) is 33.8. The third kappa shape index (κ3) is 8.80. The zero-order chi connectivity index (χ0) is 41.3. The maximum absolute atomic E-state index is 14.7. The summed E-state index contributed by atoms with van der Waals surface area (Å²) in [4.78, 5) is 62.4. The van der Waals surface area contributed by atoms with Crippen molar-refractivity contribution in [3.05, 3.63) is 103 Å². The molecule has 1 aromatic heterocycles. The Morgan fingerprint density at radius 2 is 1.65 bits per heavy atom. The van der Waals surface area contributed by atoms with E-state index in [-0.39, 0.29) is 24.3 Å². The van der Waals surface area contributed by atoms with Crippen LogP contribution in [0.3, 0.4) is 0 Å². The van der Waals surface area contributed by atoms with Crippen LogP contribution in [0.15, 0.2) is 102 Å². The lowest BCUT2D eigenvalue weighted by Gasteiger charge is -2.32. The van der Waals surface area contributed by atoms with Gasteiger partial charge in [-0.2, -0.15) is 0 Å². The van der Waals surface area contributed by atoms with Crippen LogP contribution in [0.1, 0.15) is 58.9 Å². The van der Waals surface area contributed by atoms with Crippen LogP contribution in [0.2, 0.25) is 0 Å². The van der Waals surface area contributed by atoms with Gasteiger partial charge in [-0.3, -0.25) is 14.4 Å². The molecule has 2 fully saturated rings. The van der Waals surface area contributed by atoms with Crippen LogP contribution in [0.5, 0.6) is 5.75 Å². The summed E-state index contributed by atoms with van der Waals surface area (Å²) in [5.41, 5.74) is 0.600. The predicted molar refractivity (Wildman–Crippen MR) is 216 cm³/mol. The van der Waals surface area contributed by atoms with E-state index in [4.69, 9.17) is 14.5 Å². The predicted octanol–water partition coefficient (Wildman–Crippen LogP) is 5.71. The largest absolute Gasteiger partial charge is 0.497 e. The van der Waals surface area contributed by atoms with E-state index in [2.05, 4.69) is 21.9 Å². The Kier molecular flexibility index (Phi) is 11.5. The molecule has 2 aliphatic rings. The van der Waals surface area contributed by atoms with E-state index in [1.165, 1.54) is 35.2 Å². The van der Waals surface area contributed by atoms with Gasteiger partial charge in [0.05, 0.1) is 23.2 Å². The van der Waals surface area contributed by atoms with Crippen molar-refractivity contribution in [2.75, 3.05) is 13.7 Å². The van der Waals surface area contributed by atoms with E-state index in [0.717, 1.165) is 16.5 Å². The number of ether oxygens (including phenoxy) is 2. The van der Waals surface area contributed by atoms with E-state index in [1.807, 2.05) is 54.6 Å². The Hall–Kier alpha value is -5.76. The van der Waals surface area contributed by atoms with Crippen molar-refractivity contribution in [2.45, 2.75) is 81.5 Å². The lowest BCUT2D eigenvalue weighted by Crippen LogP contribution is -2.59. The summed E-state index contributed by atoms with van der Waals surface area (Å²) in [5, 5.41) is 6.37. The van der Waals surface area contributed by atoms with Gasteiger partial charge < -0.3 is 25.0 Å². The topological polar surface area (TPSA) is 173 Å². The molecule has 57 heavy (non-hydrogen) atoms. The van der Waals surface area contributed by atoms with Crippen LogP contribution in [-0.4, -0.2) is 79.0 Å². The molecule has 5 atom stereocenters. The minimum absolute atomic E-state index is 0.0853. The number of rotatable bonds is 12. The maximum atomic E-state index is 14.7. The van der Waals surface area contributed by atoms with Crippen molar-refractivity contribution in [3.8, 4) is 17.0 Å². The molecule has 6 rings (SSSR count). The minimum Gasteiger partial charge on any atom is -0.497 e. The SMILES string of the molecule is C=CC1C[C@]1(NC(=O)[C@@H]1C[C@@H](c2cc(-c3ccccc3)nc3cc(OC)ccc23)CN1C(=O)[C@@H](NC(=O)OC(C)(C)C)C(C)C)C(=O)NS(=O)(=O)c1ccccc1. The average Bonchev–Trinajstić information content (AvgIpc) is 3.71. The number of pyridine rings is 1. The average molecular weight is 796 g/mol. The highest BCUT2D eigenvalue weighted by atomic mass is 32.2. The number of hydrogen-bond acceptors (Lipinski definition) is 9. The minimum atomic E-state index is -4.27. The van der Waals surface area contributed by atoms with Crippen molar-refractivity contribution < 1.29 is 37.1 Å². The number of carbonyl (C=O) groups is 4. The van der Waals surface area contributed by atoms with E-state index < -0.39 is 74.8 Å². The van der Waals surface area contributed by atoms with Crippen LogP contribution < -0.4 is 20.1 Å². The lowest BCUT2D eigenvalue weighted by atomic mass is 9.91. The summed E-state index contributed by atoms with van der Waals surface area (Å²) in [6.45, 7) is 12.6. The molecule has 4 aromatic rings. The first-order chi connectivity index (χ1) is 27.0. The number of amides is 4. The summed E-state index contributed by atoms with van der Waals surface area (Å²) in [6.07, 6.45) is 0.966. The third-order valence-electron chi connectivity index (χ3n) is 10.4. The molecule has 1 saturated heterocycles. The van der Waals surface area contributed by atoms with E-state index in [9.17, 15) is 27.6 Å². The molecule has 1 aliphatic heterocycles. The molecule has 300 valence electrons. The Labute approximate surface area is 333 Å². The van der Waals surface area contributed by atoms with Gasteiger partial charge in [0.25, 0.3) is 15.9 Å². The quantitative estimate of drug-likeness (QED) is 0.152. The summed E-state index contributed by atoms with van der Waals surface area (Å²) in [6, 6.07) is 22.4. The molecule has 14 heteroatoms. The first kappa shape index (κ1) is 40.9. The fourth-order valence-corrected chi connectivity index (χ4v) is 8.41. The molecule has 13 nitrogen and oxygen atoms in total. The number of nitrogens with one attached hydrogen (secondary N) is 3. The van der Waals surface area contributed by atoms with E-state index in [0.29, 0.717) is 17.0 Å². The Morgan fingerprint density at radius 1 is 0.982 bits per heavy atom. The van der Waals surface area contributed by atoms with Gasteiger partial charge in [-0.05, 0) is 75.4 Å². The van der Waals surface area contributed by atoms with Crippen LogP contribution in [-0.2, 0) is 29.1 Å². The van der Waals surface area contributed by atoms with Crippen LogP contribution in [0, 0.1) is 11.8 Å². The van der Waals surface area contributed by atoms with Crippen molar-refractivity contribution in [1.82, 2.24) is 25.2 Å². The number of sulfonamides is 1. The van der Waals surface area contributed by atoms with Crippen LogP contribution in [0.4, 0.5) is 4.79 Å². The van der Waals surface area contributed by atoms with Crippen molar-refractivity contribution in [1.29, 1.82) is 0 Å². The molecule has 3 N–H and O–H groups in total. The fraction of sp³-hybridized carbons (Fsp3) is 0.372. The highest BCUT2D eigenvalue weighted by Crippen LogP contribution is 2.46. The summed E-state index contributed by atoms with van der Waals surface area (Å²) in [7, 11) is -2.70. The molecule has 0 bridgehead atoms. The molecular weight excluding hydrogens is 747 g/mol. The van der Waals surface area contributed by atoms with Gasteiger partial charge in [-0.25, -0.2) is 22.9 Å². The van der Waals surface area contributed by atoms with Crippen molar-refractivity contribution in [3.63, 3.8) is 0 Å². The van der Waals surface area contributed by atoms with E-state index in [1.54, 1.807) is 47.8 Å². The summed E-state index contributed by atoms with van der Waals surface area (Å²) in [5.74, 6) is -2.84.